The molecule has 0 spiro atoms. The van der Waals surface area contributed by atoms with Crippen molar-refractivity contribution in [2.75, 3.05) is 13.2 Å². The normalized spacial score (nSPS) is 14.2. The van der Waals surface area contributed by atoms with Gasteiger partial charge < -0.3 is 20.1 Å². The van der Waals surface area contributed by atoms with Crippen LogP contribution in [-0.4, -0.2) is 46.7 Å². The minimum Gasteiger partial charge on any atom is -0.481 e. The second kappa shape index (κ2) is 13.3. The highest BCUT2D eigenvalue weighted by atomic mass is 16.5. The molecule has 0 saturated heterocycles. The molecule has 2 atom stereocenters. The van der Waals surface area contributed by atoms with Gasteiger partial charge >= 0.3 is 5.97 Å². The van der Waals surface area contributed by atoms with Crippen molar-refractivity contribution in [1.29, 1.82) is 0 Å². The van der Waals surface area contributed by atoms with Gasteiger partial charge in [0.2, 0.25) is 0 Å². The van der Waals surface area contributed by atoms with Crippen LogP contribution in [0.2, 0.25) is 0 Å². The molecule has 5 nitrogen and oxygen atoms in total. The average Bonchev–Trinajstić information content (AvgIpc) is 2.42. The molecule has 3 N–H and O–H groups in total. The maximum atomic E-state index is 10.7. The van der Waals surface area contributed by atoms with Gasteiger partial charge in [-0.15, -0.1) is 0 Å². The fourth-order valence-electron chi connectivity index (χ4n) is 2.07. The van der Waals surface area contributed by atoms with Crippen LogP contribution in [0.25, 0.3) is 0 Å². The largest absolute Gasteiger partial charge is 0.481 e. The van der Waals surface area contributed by atoms with Crippen molar-refractivity contribution in [3.8, 4) is 0 Å². The number of carboxylic acids is 1. The third-order valence-corrected chi connectivity index (χ3v) is 3.27. The Labute approximate surface area is 122 Å². The molecule has 0 amide bonds. The molecule has 0 aliphatic carbocycles. The molecule has 0 heterocycles. The summed E-state index contributed by atoms with van der Waals surface area (Å²) >= 11 is 0. The summed E-state index contributed by atoms with van der Waals surface area (Å²) in [5.74, 6) is -0.892. The van der Waals surface area contributed by atoms with Gasteiger partial charge in [0.25, 0.3) is 0 Å². The highest BCUT2D eigenvalue weighted by Crippen LogP contribution is 2.13. The van der Waals surface area contributed by atoms with Crippen LogP contribution in [0.4, 0.5) is 0 Å². The predicted octanol–water partition coefficient (Wildman–Crippen LogP) is 2.34. The molecule has 0 rings (SSSR count). The minimum atomic E-state index is -0.930. The van der Waals surface area contributed by atoms with E-state index in [-0.39, 0.29) is 25.7 Å². The van der Waals surface area contributed by atoms with E-state index in [1.54, 1.807) is 0 Å². The monoisotopic (exact) mass is 290 g/mol. The van der Waals surface area contributed by atoms with Gasteiger partial charge in [-0.2, -0.15) is 0 Å². The standard InChI is InChI=1S/C15H30O5/c1-2-3-4-5-6-7-8-9-14(10-15(18)19)20-12-13(17)11-16/h13-14,16-17H,2-12H2,1H3,(H,18,19). The van der Waals surface area contributed by atoms with Gasteiger partial charge in [-0.3, -0.25) is 4.79 Å². The molecular formula is C15H30O5. The Morgan fingerprint density at radius 2 is 1.70 bits per heavy atom. The molecule has 2 unspecified atom stereocenters. The Morgan fingerprint density at radius 1 is 1.10 bits per heavy atom. The van der Waals surface area contributed by atoms with Gasteiger partial charge in [0.1, 0.15) is 6.10 Å². The SMILES string of the molecule is CCCCCCCCCC(CC(=O)O)OCC(O)CO. The summed E-state index contributed by atoms with van der Waals surface area (Å²) in [6.07, 6.45) is 7.59. The molecule has 0 bridgehead atoms. The van der Waals surface area contributed by atoms with Crippen LogP contribution < -0.4 is 0 Å². The van der Waals surface area contributed by atoms with Crippen molar-refractivity contribution in [3.63, 3.8) is 0 Å². The van der Waals surface area contributed by atoms with Crippen molar-refractivity contribution in [3.05, 3.63) is 0 Å². The number of unbranched alkanes of at least 4 members (excludes halogenated alkanes) is 6. The van der Waals surface area contributed by atoms with E-state index < -0.39 is 12.1 Å². The first-order chi connectivity index (χ1) is 9.60. The van der Waals surface area contributed by atoms with Crippen LogP contribution in [0.1, 0.15) is 64.7 Å². The van der Waals surface area contributed by atoms with Gasteiger partial charge in [0.05, 0.1) is 25.7 Å². The van der Waals surface area contributed by atoms with E-state index in [9.17, 15) is 9.90 Å². The van der Waals surface area contributed by atoms with Crippen LogP contribution in [0.15, 0.2) is 0 Å². The lowest BCUT2D eigenvalue weighted by atomic mass is 10.0. The Bertz CT molecular complexity index is 232. The first-order valence-corrected chi connectivity index (χ1v) is 7.72. The highest BCUT2D eigenvalue weighted by molar-refractivity contribution is 5.67. The summed E-state index contributed by atoms with van der Waals surface area (Å²) in [4.78, 5) is 10.7. The number of hydrogen-bond donors (Lipinski definition) is 3. The molecule has 0 radical (unpaired) electrons. The number of aliphatic carboxylic acids is 1. The smallest absolute Gasteiger partial charge is 0.305 e. The van der Waals surface area contributed by atoms with Gasteiger partial charge in [0.15, 0.2) is 0 Å². The van der Waals surface area contributed by atoms with Crippen molar-refractivity contribution < 1.29 is 24.9 Å². The number of aliphatic hydroxyl groups excluding tert-OH is 2. The number of rotatable bonds is 14. The zero-order valence-corrected chi connectivity index (χ0v) is 12.6. The molecule has 0 fully saturated rings. The summed E-state index contributed by atoms with van der Waals surface area (Å²) in [6.45, 7) is 1.82. The van der Waals surface area contributed by atoms with Crippen LogP contribution >= 0.6 is 0 Å². The Morgan fingerprint density at radius 3 is 2.25 bits per heavy atom. The Balaban J connectivity index is 3.72. The number of ether oxygens (including phenoxy) is 1. The van der Waals surface area contributed by atoms with Crippen LogP contribution in [-0.2, 0) is 9.53 Å². The van der Waals surface area contributed by atoms with Crippen molar-refractivity contribution in [1.82, 2.24) is 0 Å². The molecule has 0 aromatic heterocycles. The van der Waals surface area contributed by atoms with E-state index in [0.717, 1.165) is 12.8 Å². The van der Waals surface area contributed by atoms with Crippen molar-refractivity contribution >= 4 is 5.97 Å². The highest BCUT2D eigenvalue weighted by Gasteiger charge is 2.15. The predicted molar refractivity (Wildman–Crippen MR) is 77.7 cm³/mol. The number of carboxylic acid groups (broad SMARTS) is 1. The number of hydrogen-bond acceptors (Lipinski definition) is 4. The quantitative estimate of drug-likeness (QED) is 0.427. The lowest BCUT2D eigenvalue weighted by molar-refractivity contribution is -0.141. The lowest BCUT2D eigenvalue weighted by Gasteiger charge is -2.17. The Kier molecular flexibility index (Phi) is 12.9. The van der Waals surface area contributed by atoms with E-state index in [1.807, 2.05) is 0 Å². The van der Waals surface area contributed by atoms with Gasteiger partial charge in [-0.05, 0) is 6.42 Å². The summed E-state index contributed by atoms with van der Waals surface area (Å²) in [5.41, 5.74) is 0. The second-order valence-corrected chi connectivity index (χ2v) is 5.30. The number of aliphatic hydroxyl groups is 2. The van der Waals surface area contributed by atoms with E-state index in [1.165, 1.54) is 32.1 Å². The Hall–Kier alpha value is -0.650. The summed E-state index contributed by atoms with van der Waals surface area (Å²) < 4.78 is 5.36. The maximum absolute atomic E-state index is 10.7. The molecule has 120 valence electrons. The van der Waals surface area contributed by atoms with Crippen molar-refractivity contribution in [2.24, 2.45) is 0 Å². The van der Waals surface area contributed by atoms with Gasteiger partial charge in [-0.1, -0.05) is 51.9 Å². The van der Waals surface area contributed by atoms with Gasteiger partial charge in [0, 0.05) is 0 Å². The molecule has 0 aromatic rings. The molecule has 0 saturated carbocycles. The zero-order chi connectivity index (χ0) is 15.2. The average molecular weight is 290 g/mol. The fourth-order valence-corrected chi connectivity index (χ4v) is 2.07. The van der Waals surface area contributed by atoms with E-state index in [4.69, 9.17) is 14.9 Å². The molecule has 5 heteroatoms. The molecule has 20 heavy (non-hydrogen) atoms. The van der Waals surface area contributed by atoms with Gasteiger partial charge in [-0.25, -0.2) is 0 Å². The first-order valence-electron chi connectivity index (χ1n) is 7.72. The van der Waals surface area contributed by atoms with Crippen LogP contribution in [0, 0.1) is 0 Å². The minimum absolute atomic E-state index is 0.00898. The maximum Gasteiger partial charge on any atom is 0.305 e. The third-order valence-electron chi connectivity index (χ3n) is 3.27. The summed E-state index contributed by atoms with van der Waals surface area (Å²) in [6, 6.07) is 0. The topological polar surface area (TPSA) is 87.0 Å². The first kappa shape index (κ1) is 19.4. The summed E-state index contributed by atoms with van der Waals surface area (Å²) in [7, 11) is 0. The molecule has 0 aliphatic rings. The number of carbonyl (C=O) groups is 1. The van der Waals surface area contributed by atoms with Crippen LogP contribution in [0.3, 0.4) is 0 Å². The molecular weight excluding hydrogens is 260 g/mol. The van der Waals surface area contributed by atoms with E-state index >= 15 is 0 Å². The van der Waals surface area contributed by atoms with E-state index in [0.29, 0.717) is 6.42 Å². The molecule has 0 aromatic carbocycles. The second-order valence-electron chi connectivity index (χ2n) is 5.30. The zero-order valence-electron chi connectivity index (χ0n) is 12.6. The van der Waals surface area contributed by atoms with E-state index in [2.05, 4.69) is 6.92 Å². The fraction of sp³-hybridized carbons (Fsp3) is 0.933. The van der Waals surface area contributed by atoms with Crippen LogP contribution in [0.5, 0.6) is 0 Å². The molecule has 0 aliphatic heterocycles. The lowest BCUT2D eigenvalue weighted by Crippen LogP contribution is -2.26. The summed E-state index contributed by atoms with van der Waals surface area (Å²) in [5, 5.41) is 26.7. The third kappa shape index (κ3) is 12.4. The van der Waals surface area contributed by atoms with Crippen molar-refractivity contribution in [2.45, 2.75) is 76.9 Å².